The van der Waals surface area contributed by atoms with Crippen LogP contribution >= 0.6 is 12.8 Å². The van der Waals surface area contributed by atoms with Gasteiger partial charge in [-0.2, -0.15) is 0 Å². The number of nitrogens with two attached hydrogens (primary N) is 1. The lowest BCUT2D eigenvalue weighted by Gasteiger charge is -2.17. The summed E-state index contributed by atoms with van der Waals surface area (Å²) < 4.78 is 6.22. The minimum atomic E-state index is -0.530. The van der Waals surface area contributed by atoms with Crippen LogP contribution in [-0.4, -0.2) is 19.0 Å². The monoisotopic (exact) mass is 317 g/mol. The van der Waals surface area contributed by atoms with Crippen LogP contribution in [0.4, 0.5) is 16.2 Å². The number of nitrogens with one attached hydrogen (secondary N) is 1. The van der Waals surface area contributed by atoms with Crippen molar-refractivity contribution >= 4 is 36.1 Å². The van der Waals surface area contributed by atoms with E-state index in [-0.39, 0.29) is 0 Å². The molecule has 22 heavy (non-hydrogen) atoms. The minimum Gasteiger partial charge on any atom is -0.497 e. The molecule has 3 amide bonds. The van der Waals surface area contributed by atoms with Gasteiger partial charge in [0, 0.05) is 17.3 Å². The lowest BCUT2D eigenvalue weighted by Crippen LogP contribution is -2.26. The quantitative estimate of drug-likeness (QED) is 0.758. The third-order valence-electron chi connectivity index (χ3n) is 2.91. The first-order valence-corrected chi connectivity index (χ1v) is 6.75. The van der Waals surface area contributed by atoms with E-state index in [1.165, 1.54) is 12.1 Å². The second kappa shape index (κ2) is 6.86. The predicted molar refractivity (Wildman–Crippen MR) is 88.4 cm³/mol. The number of nitrogens with zero attached hydrogens (tertiary/aromatic N) is 1. The lowest BCUT2D eigenvalue weighted by atomic mass is 10.2. The maximum Gasteiger partial charge on any atom is 0.336 e. The zero-order chi connectivity index (χ0) is 16.1. The average Bonchev–Trinajstić information content (AvgIpc) is 2.54. The van der Waals surface area contributed by atoms with E-state index in [0.29, 0.717) is 22.7 Å². The molecule has 0 unspecified atom stereocenters. The van der Waals surface area contributed by atoms with E-state index in [2.05, 4.69) is 18.1 Å². The van der Waals surface area contributed by atoms with E-state index in [1.807, 2.05) is 0 Å². The third kappa shape index (κ3) is 3.70. The number of anilines is 2. The van der Waals surface area contributed by atoms with Crippen LogP contribution in [0.1, 0.15) is 10.4 Å². The maximum atomic E-state index is 12.1. The summed E-state index contributed by atoms with van der Waals surface area (Å²) in [5, 5.41) is 2.69. The van der Waals surface area contributed by atoms with E-state index < -0.39 is 11.9 Å². The standard InChI is InChI=1S/C15H15N3O3S/c1-21-13-4-2-3-11(9-13)17-15(20)18(22)12-7-5-10(6-8-12)14(16)19/h2-9,22H,1H3,(H2,16,19)(H,17,20). The molecular formula is C15H15N3O3S. The molecule has 2 aromatic carbocycles. The summed E-state index contributed by atoms with van der Waals surface area (Å²) in [7, 11) is 1.55. The molecule has 0 saturated carbocycles. The summed E-state index contributed by atoms with van der Waals surface area (Å²) in [6.07, 6.45) is 0. The van der Waals surface area contributed by atoms with Gasteiger partial charge in [0.2, 0.25) is 5.91 Å². The van der Waals surface area contributed by atoms with Crippen molar-refractivity contribution in [3.05, 3.63) is 54.1 Å². The van der Waals surface area contributed by atoms with Crippen molar-refractivity contribution in [1.82, 2.24) is 0 Å². The number of urea groups is 1. The molecule has 0 aliphatic carbocycles. The number of hydrogen-bond donors (Lipinski definition) is 3. The smallest absolute Gasteiger partial charge is 0.336 e. The first kappa shape index (κ1) is 15.7. The summed E-state index contributed by atoms with van der Waals surface area (Å²) in [5.41, 5.74) is 6.62. The largest absolute Gasteiger partial charge is 0.497 e. The van der Waals surface area contributed by atoms with E-state index in [4.69, 9.17) is 10.5 Å². The van der Waals surface area contributed by atoms with Crippen molar-refractivity contribution in [2.75, 3.05) is 16.7 Å². The molecule has 0 radical (unpaired) electrons. The van der Waals surface area contributed by atoms with Crippen LogP contribution in [0.2, 0.25) is 0 Å². The molecule has 7 heteroatoms. The van der Waals surface area contributed by atoms with Crippen LogP contribution in [0.3, 0.4) is 0 Å². The molecule has 0 aromatic heterocycles. The van der Waals surface area contributed by atoms with Gasteiger partial charge < -0.3 is 15.8 Å². The third-order valence-corrected chi connectivity index (χ3v) is 3.32. The van der Waals surface area contributed by atoms with Crippen LogP contribution in [0.15, 0.2) is 48.5 Å². The maximum absolute atomic E-state index is 12.1. The Balaban J connectivity index is 2.09. The summed E-state index contributed by atoms with van der Waals surface area (Å²) in [6, 6.07) is 12.7. The highest BCUT2D eigenvalue weighted by molar-refractivity contribution is 7.82. The molecule has 0 spiro atoms. The van der Waals surface area contributed by atoms with Gasteiger partial charge in [-0.05, 0) is 36.4 Å². The van der Waals surface area contributed by atoms with E-state index in [1.54, 1.807) is 43.5 Å². The Morgan fingerprint density at radius 1 is 1.18 bits per heavy atom. The lowest BCUT2D eigenvalue weighted by molar-refractivity contribution is 0.100. The fraction of sp³-hybridized carbons (Fsp3) is 0.0667. The molecule has 2 aromatic rings. The van der Waals surface area contributed by atoms with Crippen LogP contribution in [0.25, 0.3) is 0 Å². The highest BCUT2D eigenvalue weighted by Gasteiger charge is 2.13. The van der Waals surface area contributed by atoms with Gasteiger partial charge in [0.1, 0.15) is 5.75 Å². The molecule has 0 bridgehead atoms. The molecule has 0 aliphatic heterocycles. The van der Waals surface area contributed by atoms with E-state index in [0.717, 1.165) is 4.31 Å². The van der Waals surface area contributed by atoms with Crippen LogP contribution < -0.4 is 20.1 Å². The van der Waals surface area contributed by atoms with Gasteiger partial charge in [0.05, 0.1) is 12.8 Å². The Bertz CT molecular complexity index is 689. The number of methoxy groups -OCH3 is 1. The van der Waals surface area contributed by atoms with Gasteiger partial charge in [0.25, 0.3) is 0 Å². The molecule has 3 N–H and O–H groups in total. The van der Waals surface area contributed by atoms with Crippen LogP contribution in [-0.2, 0) is 0 Å². The minimum absolute atomic E-state index is 0.360. The number of hydrogen-bond acceptors (Lipinski definition) is 4. The van der Waals surface area contributed by atoms with Gasteiger partial charge in [-0.15, -0.1) is 0 Å². The van der Waals surface area contributed by atoms with Gasteiger partial charge in [-0.3, -0.25) is 4.79 Å². The zero-order valence-corrected chi connectivity index (χ0v) is 12.7. The fourth-order valence-electron chi connectivity index (χ4n) is 1.76. The summed E-state index contributed by atoms with van der Waals surface area (Å²) in [4.78, 5) is 23.2. The molecule has 114 valence electrons. The van der Waals surface area contributed by atoms with Gasteiger partial charge >= 0.3 is 6.03 Å². The van der Waals surface area contributed by atoms with Gasteiger partial charge in [-0.1, -0.05) is 18.9 Å². The van der Waals surface area contributed by atoms with Gasteiger partial charge in [0.15, 0.2) is 0 Å². The van der Waals surface area contributed by atoms with Crippen molar-refractivity contribution in [1.29, 1.82) is 0 Å². The fourth-order valence-corrected chi connectivity index (χ4v) is 1.94. The number of primary amides is 1. The van der Waals surface area contributed by atoms with Crippen molar-refractivity contribution in [3.63, 3.8) is 0 Å². The predicted octanol–water partition coefficient (Wildman–Crippen LogP) is 2.68. The Kier molecular flexibility index (Phi) is 4.90. The molecule has 0 fully saturated rings. The Morgan fingerprint density at radius 2 is 1.86 bits per heavy atom. The molecular weight excluding hydrogens is 302 g/mol. The highest BCUT2D eigenvalue weighted by atomic mass is 32.1. The Hall–Kier alpha value is -2.67. The molecule has 0 heterocycles. The number of benzene rings is 2. The van der Waals surface area contributed by atoms with Crippen molar-refractivity contribution < 1.29 is 14.3 Å². The summed E-state index contributed by atoms with van der Waals surface area (Å²) in [6.45, 7) is 0. The first-order valence-electron chi connectivity index (χ1n) is 6.35. The number of rotatable bonds is 4. The number of thiol groups is 1. The molecule has 0 aliphatic rings. The van der Waals surface area contributed by atoms with Crippen LogP contribution in [0, 0.1) is 0 Å². The zero-order valence-electron chi connectivity index (χ0n) is 11.8. The van der Waals surface area contributed by atoms with Crippen LogP contribution in [0.5, 0.6) is 5.75 Å². The first-order chi connectivity index (χ1) is 10.5. The highest BCUT2D eigenvalue weighted by Crippen LogP contribution is 2.21. The van der Waals surface area contributed by atoms with E-state index in [9.17, 15) is 9.59 Å². The SMILES string of the molecule is COc1cccc(NC(=O)N(S)c2ccc(C(N)=O)cc2)c1. The molecule has 6 nitrogen and oxygen atoms in total. The summed E-state index contributed by atoms with van der Waals surface area (Å²) in [5.74, 6) is 0.104. The number of amides is 3. The second-order valence-electron chi connectivity index (χ2n) is 4.39. The molecule has 0 atom stereocenters. The summed E-state index contributed by atoms with van der Waals surface area (Å²) >= 11 is 4.15. The Morgan fingerprint density at radius 3 is 2.45 bits per heavy atom. The topological polar surface area (TPSA) is 84.7 Å². The number of ether oxygens (including phenoxy) is 1. The van der Waals surface area contributed by atoms with Gasteiger partial charge in [-0.25, -0.2) is 9.10 Å². The van der Waals surface area contributed by atoms with Crippen molar-refractivity contribution in [3.8, 4) is 5.75 Å². The van der Waals surface area contributed by atoms with Crippen molar-refractivity contribution in [2.24, 2.45) is 5.73 Å². The number of carbonyl (C=O) groups excluding carboxylic acids is 2. The molecule has 0 saturated heterocycles. The number of carbonyl (C=O) groups is 2. The van der Waals surface area contributed by atoms with Crippen molar-refractivity contribution in [2.45, 2.75) is 0 Å². The molecule has 2 rings (SSSR count). The average molecular weight is 317 g/mol. The second-order valence-corrected chi connectivity index (χ2v) is 4.79. The van der Waals surface area contributed by atoms with E-state index >= 15 is 0 Å². The Labute approximate surface area is 133 Å². The normalized spacial score (nSPS) is 9.91.